The van der Waals surface area contributed by atoms with Gasteiger partial charge in [0.05, 0.1) is 4.92 Å². The SMILES string of the molecule is NC1CCC(N(Cc2cccc(NC(=O)c3ccc([N+](=O)[O-])cc3)c2)C(=O)c2ccc3c(c2)OCO3)CC1. The van der Waals surface area contributed by atoms with Gasteiger partial charge in [0, 0.05) is 47.6 Å². The second-order valence-electron chi connectivity index (χ2n) is 9.53. The number of carbonyl (C=O) groups excluding carboxylic acids is 2. The molecule has 3 aromatic carbocycles. The Morgan fingerprint density at radius 3 is 2.39 bits per heavy atom. The molecule has 1 aliphatic heterocycles. The van der Waals surface area contributed by atoms with Crippen LogP contribution in [0.4, 0.5) is 11.4 Å². The fourth-order valence-corrected chi connectivity index (χ4v) is 4.86. The first-order valence-corrected chi connectivity index (χ1v) is 12.5. The predicted octanol–water partition coefficient (Wildman–Crippen LogP) is 4.49. The zero-order chi connectivity index (χ0) is 26.6. The number of hydrogen-bond donors (Lipinski definition) is 2. The largest absolute Gasteiger partial charge is 0.454 e. The molecule has 2 aliphatic rings. The number of non-ortho nitro benzene ring substituents is 1. The highest BCUT2D eigenvalue weighted by Gasteiger charge is 2.29. The molecule has 1 heterocycles. The molecule has 0 atom stereocenters. The Bertz CT molecular complexity index is 1350. The van der Waals surface area contributed by atoms with Crippen molar-refractivity contribution in [2.24, 2.45) is 5.73 Å². The summed E-state index contributed by atoms with van der Waals surface area (Å²) in [6.07, 6.45) is 3.32. The monoisotopic (exact) mass is 516 g/mol. The third-order valence-corrected chi connectivity index (χ3v) is 6.94. The average Bonchev–Trinajstić information content (AvgIpc) is 3.40. The quantitative estimate of drug-likeness (QED) is 0.349. The number of carbonyl (C=O) groups is 2. The van der Waals surface area contributed by atoms with Crippen LogP contribution in [0.25, 0.3) is 0 Å². The minimum absolute atomic E-state index is 0.0334. The van der Waals surface area contributed by atoms with Crippen molar-refractivity contribution in [2.45, 2.75) is 44.3 Å². The first-order chi connectivity index (χ1) is 18.4. The third-order valence-electron chi connectivity index (χ3n) is 6.94. The van der Waals surface area contributed by atoms with Crippen LogP contribution in [0.5, 0.6) is 11.5 Å². The molecule has 5 rings (SSSR count). The number of fused-ring (bicyclic) bond motifs is 1. The number of nitrogens with one attached hydrogen (secondary N) is 1. The molecule has 0 radical (unpaired) electrons. The van der Waals surface area contributed by atoms with Crippen LogP contribution in [-0.2, 0) is 6.54 Å². The van der Waals surface area contributed by atoms with Crippen molar-refractivity contribution in [2.75, 3.05) is 12.1 Å². The molecule has 0 spiro atoms. The summed E-state index contributed by atoms with van der Waals surface area (Å²) in [5.74, 6) is 0.682. The topological polar surface area (TPSA) is 137 Å². The van der Waals surface area contributed by atoms with Gasteiger partial charge in [-0.05, 0) is 73.7 Å². The molecule has 196 valence electrons. The summed E-state index contributed by atoms with van der Waals surface area (Å²) in [7, 11) is 0. The highest BCUT2D eigenvalue weighted by Crippen LogP contribution is 2.34. The van der Waals surface area contributed by atoms with E-state index in [4.69, 9.17) is 15.2 Å². The maximum Gasteiger partial charge on any atom is 0.269 e. The maximum absolute atomic E-state index is 13.7. The molecule has 10 heteroatoms. The third kappa shape index (κ3) is 5.60. The van der Waals surface area contributed by atoms with E-state index in [0.717, 1.165) is 31.2 Å². The van der Waals surface area contributed by atoms with Gasteiger partial charge >= 0.3 is 0 Å². The van der Waals surface area contributed by atoms with Gasteiger partial charge in [0.1, 0.15) is 0 Å². The van der Waals surface area contributed by atoms with Gasteiger partial charge in [0.15, 0.2) is 11.5 Å². The number of benzene rings is 3. The average molecular weight is 517 g/mol. The minimum atomic E-state index is -0.512. The number of nitro benzene ring substituents is 1. The molecule has 1 fully saturated rings. The first kappa shape index (κ1) is 25.2. The normalized spacial score (nSPS) is 18.0. The molecule has 0 saturated heterocycles. The zero-order valence-electron chi connectivity index (χ0n) is 20.7. The van der Waals surface area contributed by atoms with Crippen molar-refractivity contribution in [3.8, 4) is 11.5 Å². The summed E-state index contributed by atoms with van der Waals surface area (Å²) in [6.45, 7) is 0.490. The Hall–Kier alpha value is -4.44. The molecule has 0 bridgehead atoms. The van der Waals surface area contributed by atoms with Crippen molar-refractivity contribution < 1.29 is 24.0 Å². The number of amides is 2. The molecule has 3 aromatic rings. The van der Waals surface area contributed by atoms with Gasteiger partial charge in [-0.15, -0.1) is 0 Å². The van der Waals surface area contributed by atoms with E-state index in [1.54, 1.807) is 24.3 Å². The van der Waals surface area contributed by atoms with E-state index in [1.807, 2.05) is 23.1 Å². The number of rotatable bonds is 7. The molecule has 2 amide bonds. The molecule has 1 saturated carbocycles. The van der Waals surface area contributed by atoms with Crippen LogP contribution in [0.1, 0.15) is 52.0 Å². The van der Waals surface area contributed by atoms with Crippen LogP contribution in [0.2, 0.25) is 0 Å². The number of ether oxygens (including phenoxy) is 2. The molecular formula is C28H28N4O6. The highest BCUT2D eigenvalue weighted by molar-refractivity contribution is 6.04. The number of anilines is 1. The highest BCUT2D eigenvalue weighted by atomic mass is 16.7. The van der Waals surface area contributed by atoms with E-state index >= 15 is 0 Å². The van der Waals surface area contributed by atoms with E-state index in [-0.39, 0.29) is 36.4 Å². The molecular weight excluding hydrogens is 488 g/mol. The second kappa shape index (κ2) is 10.9. The van der Waals surface area contributed by atoms with Gasteiger partial charge in [-0.2, -0.15) is 0 Å². The van der Waals surface area contributed by atoms with Gasteiger partial charge in [-0.1, -0.05) is 12.1 Å². The van der Waals surface area contributed by atoms with Crippen molar-refractivity contribution in [1.82, 2.24) is 4.90 Å². The molecule has 0 unspecified atom stereocenters. The van der Waals surface area contributed by atoms with Crippen LogP contribution >= 0.6 is 0 Å². The number of nitro groups is 1. The lowest BCUT2D eigenvalue weighted by Gasteiger charge is -2.36. The summed E-state index contributed by atoms with van der Waals surface area (Å²) in [6, 6.07) is 18.1. The van der Waals surface area contributed by atoms with E-state index in [9.17, 15) is 19.7 Å². The van der Waals surface area contributed by atoms with Crippen molar-refractivity contribution in [3.05, 3.63) is 93.5 Å². The van der Waals surface area contributed by atoms with E-state index < -0.39 is 4.92 Å². The summed E-state index contributed by atoms with van der Waals surface area (Å²) in [4.78, 5) is 38.7. The Morgan fingerprint density at radius 1 is 0.947 bits per heavy atom. The van der Waals surface area contributed by atoms with Crippen LogP contribution < -0.4 is 20.5 Å². The number of nitrogens with two attached hydrogens (primary N) is 1. The Kier molecular flexibility index (Phi) is 7.23. The van der Waals surface area contributed by atoms with E-state index in [1.165, 1.54) is 24.3 Å². The first-order valence-electron chi connectivity index (χ1n) is 12.5. The van der Waals surface area contributed by atoms with Gasteiger partial charge in [0.2, 0.25) is 6.79 Å². The summed E-state index contributed by atoms with van der Waals surface area (Å²) in [5.41, 5.74) is 8.29. The summed E-state index contributed by atoms with van der Waals surface area (Å²) in [5, 5.41) is 13.7. The molecule has 38 heavy (non-hydrogen) atoms. The maximum atomic E-state index is 13.7. The van der Waals surface area contributed by atoms with Gasteiger partial charge in [-0.25, -0.2) is 0 Å². The Labute approximate surface area is 219 Å². The standard InChI is InChI=1S/C28H28N4O6/c29-21-7-11-23(12-8-21)31(28(34)20-6-13-25-26(15-20)38-17-37-25)16-18-2-1-3-22(14-18)30-27(33)19-4-9-24(10-5-19)32(35)36/h1-6,9-10,13-15,21,23H,7-8,11-12,16-17,29H2,(H,30,33). The summed E-state index contributed by atoms with van der Waals surface area (Å²) < 4.78 is 10.9. The zero-order valence-corrected chi connectivity index (χ0v) is 20.7. The van der Waals surface area contributed by atoms with Crippen LogP contribution in [0.3, 0.4) is 0 Å². The Morgan fingerprint density at radius 2 is 1.66 bits per heavy atom. The van der Waals surface area contributed by atoms with Crippen molar-refractivity contribution in [1.29, 1.82) is 0 Å². The summed E-state index contributed by atoms with van der Waals surface area (Å²) >= 11 is 0. The number of hydrogen-bond acceptors (Lipinski definition) is 7. The van der Waals surface area contributed by atoms with Gasteiger partial charge in [0.25, 0.3) is 17.5 Å². The molecule has 10 nitrogen and oxygen atoms in total. The van der Waals surface area contributed by atoms with Crippen LogP contribution in [-0.4, -0.2) is 40.5 Å². The molecule has 0 aromatic heterocycles. The lowest BCUT2D eigenvalue weighted by atomic mass is 9.90. The van der Waals surface area contributed by atoms with Gasteiger partial charge in [-0.3, -0.25) is 19.7 Å². The fourth-order valence-electron chi connectivity index (χ4n) is 4.86. The van der Waals surface area contributed by atoms with E-state index in [0.29, 0.717) is 34.9 Å². The van der Waals surface area contributed by atoms with Crippen molar-refractivity contribution >= 4 is 23.2 Å². The van der Waals surface area contributed by atoms with Crippen LogP contribution in [0.15, 0.2) is 66.7 Å². The number of nitrogens with zero attached hydrogens (tertiary/aromatic N) is 2. The lowest BCUT2D eigenvalue weighted by molar-refractivity contribution is -0.384. The van der Waals surface area contributed by atoms with Gasteiger partial charge < -0.3 is 25.4 Å². The Balaban J connectivity index is 1.34. The minimum Gasteiger partial charge on any atom is -0.454 e. The molecule has 1 aliphatic carbocycles. The lowest BCUT2D eigenvalue weighted by Crippen LogP contribution is -2.43. The van der Waals surface area contributed by atoms with Crippen molar-refractivity contribution in [3.63, 3.8) is 0 Å². The second-order valence-corrected chi connectivity index (χ2v) is 9.53. The predicted molar refractivity (Wildman–Crippen MR) is 140 cm³/mol. The molecule has 3 N–H and O–H groups in total. The fraction of sp³-hybridized carbons (Fsp3) is 0.286. The van der Waals surface area contributed by atoms with Crippen LogP contribution in [0, 0.1) is 10.1 Å². The smallest absolute Gasteiger partial charge is 0.269 e. The van der Waals surface area contributed by atoms with E-state index in [2.05, 4.69) is 5.32 Å².